The summed E-state index contributed by atoms with van der Waals surface area (Å²) in [5.41, 5.74) is -3.62. The van der Waals surface area contributed by atoms with E-state index in [2.05, 4.69) is 36.0 Å². The second-order valence-electron chi connectivity index (χ2n) is 18.6. The molecule has 10 aromatic rings. The van der Waals surface area contributed by atoms with Crippen LogP contribution >= 0.6 is 0 Å². The van der Waals surface area contributed by atoms with E-state index in [4.69, 9.17) is 37.9 Å². The number of nitrogens with zero attached hydrogens (tertiary/aromatic N) is 10. The number of hydrogen-bond donors (Lipinski definition) is 8. The second kappa shape index (κ2) is 36.2. The van der Waals surface area contributed by atoms with Crippen molar-refractivity contribution >= 4 is 153 Å². The summed E-state index contributed by atoms with van der Waals surface area (Å²) < 4.78 is 144. The van der Waals surface area contributed by atoms with Gasteiger partial charge >= 0.3 is 72.8 Å². The predicted octanol–water partition coefficient (Wildman–Crippen LogP) is 7.03. The number of aromatic hydroxyl groups is 6. The first-order chi connectivity index (χ1) is 47.3. The third-order valence-corrected chi connectivity index (χ3v) is 14.2. The number of rotatable bonds is 14. The summed E-state index contributed by atoms with van der Waals surface area (Å²) >= 11 is 0. The third kappa shape index (κ3) is 22.4. The van der Waals surface area contributed by atoms with Crippen LogP contribution in [-0.2, 0) is 52.1 Å². The molecule has 0 aliphatic heterocycles. The number of carbonyl (C=O) groups is 1. The summed E-state index contributed by atoms with van der Waals surface area (Å²) in [5, 5.41) is 131. The first-order valence-corrected chi connectivity index (χ1v) is 31.9. The first-order valence-electron chi connectivity index (χ1n) is 26.0. The minimum absolute atomic E-state index is 0. The van der Waals surface area contributed by atoms with Crippen LogP contribution in [0.5, 0.6) is 34.5 Å². The number of hydrogen-bond acceptors (Lipinski definition) is 35. The zero-order chi connectivity index (χ0) is 75.4. The maximum absolute atomic E-state index is 12.7. The number of fused-ring (bicyclic) bond motifs is 3. The number of benzene rings is 10. The summed E-state index contributed by atoms with van der Waals surface area (Å²) in [6, 6.07) is 37.6. The molecule has 10 rings (SSSR count). The van der Waals surface area contributed by atoms with E-state index >= 15 is 0 Å². The first kappa shape index (κ1) is 81.8. The Balaban J connectivity index is 0.000000302. The Morgan fingerprint density at radius 1 is 0.412 bits per heavy atom. The van der Waals surface area contributed by atoms with Crippen molar-refractivity contribution in [2.24, 2.45) is 30.7 Å². The molecule has 0 atom stereocenters. The molecule has 41 nitrogen and oxygen atoms in total. The molecule has 0 fully saturated rings. The number of azo groups is 3. The quantitative estimate of drug-likeness (QED) is 0.0178. The molecule has 1 amide bonds. The minimum atomic E-state index is -4.88. The molecule has 0 radical (unpaired) electrons. The van der Waals surface area contributed by atoms with E-state index in [-0.39, 0.29) is 96.7 Å². The summed E-state index contributed by atoms with van der Waals surface area (Å²) in [7, 11) is -18.9. The van der Waals surface area contributed by atoms with Crippen molar-refractivity contribution in [3.8, 4) is 34.5 Å². The van der Waals surface area contributed by atoms with Gasteiger partial charge < -0.3 is 40.5 Å². The van der Waals surface area contributed by atoms with Crippen LogP contribution in [0.1, 0.15) is 10.4 Å². The predicted molar refractivity (Wildman–Crippen MR) is 342 cm³/mol. The number of nitro groups is 4. The average Bonchev–Trinajstić information content (AvgIpc) is 0.766. The molecule has 0 aliphatic carbocycles. The van der Waals surface area contributed by atoms with Crippen molar-refractivity contribution in [3.05, 3.63) is 216 Å². The summed E-state index contributed by atoms with van der Waals surface area (Å²) in [6.07, 6.45) is 0. The summed E-state index contributed by atoms with van der Waals surface area (Å²) in [5.74, 6) is -3.81. The van der Waals surface area contributed by atoms with Crippen molar-refractivity contribution in [1.29, 1.82) is 0 Å². The number of phenols is 6. The van der Waals surface area contributed by atoms with Crippen LogP contribution in [-0.4, -0.2) is 120 Å². The molecule has 47 heteroatoms. The van der Waals surface area contributed by atoms with Crippen molar-refractivity contribution in [2.75, 3.05) is 5.32 Å². The van der Waals surface area contributed by atoms with Crippen LogP contribution < -0.4 is 34.9 Å². The van der Waals surface area contributed by atoms with Gasteiger partial charge in [-0.2, -0.15) is 8.42 Å². The molecular weight excluding hydrogens is 1480 g/mol. The molecule has 0 heterocycles. The normalized spacial score (nSPS) is 10.8. The van der Waals surface area contributed by atoms with Crippen molar-refractivity contribution in [1.82, 2.24) is 0 Å². The van der Waals surface area contributed by atoms with Gasteiger partial charge in [0.1, 0.15) is 60.6 Å². The molecule has 0 saturated heterocycles. The van der Waals surface area contributed by atoms with Gasteiger partial charge in [-0.1, -0.05) is 84.9 Å². The van der Waals surface area contributed by atoms with E-state index in [0.717, 1.165) is 47.9 Å². The molecule has 0 unspecified atom stereocenters. The van der Waals surface area contributed by atoms with Crippen molar-refractivity contribution in [2.45, 2.75) is 9.79 Å². The number of phenolic OH excluding ortho intramolecular Hbond substituents is 6. The Bertz CT molecular complexity index is 5610. The molecule has 10 aromatic carbocycles. The van der Waals surface area contributed by atoms with Gasteiger partial charge in [0.2, 0.25) is 11.5 Å². The van der Waals surface area contributed by atoms with Crippen molar-refractivity contribution in [3.63, 3.8) is 0 Å². The van der Waals surface area contributed by atoms with Gasteiger partial charge in [-0.3, -0.25) is 49.8 Å². The molecule has 522 valence electrons. The SMILES string of the molecule is O=C(Nc1ccc(S(=O)(=O)O)c2ccc(N=Nc3cc([N+](=O)[O-])ccc3O)c(O)c12)c1ccccc1.O=S(=O)=O.O=S(=O)=O.O=S(=O)=O.O=[N+]([O-])c1cc(N=Nc2c(O)ccc3ccccc23)c(O)c([N+](=O)[O-])c1.O=[N+]([O-])c1cccc(N=Nc2cc(S(=O)(=O)[O-])c3ccccc3c2O)c1O.[Na+]. The van der Waals surface area contributed by atoms with Crippen LogP contribution in [0.2, 0.25) is 0 Å². The topological polar surface area (TPSA) is 662 Å². The van der Waals surface area contributed by atoms with Gasteiger partial charge in [0.05, 0.1) is 41.7 Å². The largest absolute Gasteiger partial charge is 1.00 e. The van der Waals surface area contributed by atoms with E-state index in [1.54, 1.807) is 60.7 Å². The summed E-state index contributed by atoms with van der Waals surface area (Å²) in [4.78, 5) is 52.0. The molecule has 8 N–H and O–H groups in total. The molecule has 0 saturated carbocycles. The van der Waals surface area contributed by atoms with Crippen LogP contribution in [0.15, 0.2) is 210 Å². The molecule has 0 aliphatic rings. The van der Waals surface area contributed by atoms with E-state index in [1.807, 2.05) is 0 Å². The number of carbonyl (C=O) groups excluding carboxylic acids is 1. The zero-order valence-corrected chi connectivity index (χ0v) is 56.3. The number of nitro benzene ring substituents is 4. The second-order valence-corrected chi connectivity index (χ2v) is 22.5. The number of amides is 1. The van der Waals surface area contributed by atoms with Crippen LogP contribution in [0.3, 0.4) is 0 Å². The van der Waals surface area contributed by atoms with Gasteiger partial charge in [-0.25, -0.2) is 8.42 Å². The molecule has 0 spiro atoms. The van der Waals surface area contributed by atoms with Gasteiger partial charge in [0.15, 0.2) is 11.5 Å². The minimum Gasteiger partial charge on any atom is -0.744 e. The number of non-ortho nitro benzene ring substituents is 2. The maximum Gasteiger partial charge on any atom is 1.00 e. The van der Waals surface area contributed by atoms with Gasteiger partial charge in [-0.15, -0.1) is 68.6 Å². The molecule has 0 aromatic heterocycles. The monoisotopic (exact) mass is 1510 g/mol. The number of nitrogens with one attached hydrogen (secondary N) is 1. The van der Waals surface area contributed by atoms with Crippen LogP contribution in [0, 0.1) is 40.5 Å². The molecular formula is C55H36N11NaO30S5. The van der Waals surface area contributed by atoms with Gasteiger partial charge in [-0.05, 0) is 60.0 Å². The fourth-order valence-corrected chi connectivity index (χ4v) is 9.60. The Kier molecular flexibility index (Phi) is 29.1. The summed E-state index contributed by atoms with van der Waals surface area (Å²) in [6.45, 7) is 0. The Hall–Kier alpha value is -12.7. The van der Waals surface area contributed by atoms with Gasteiger partial charge in [0.25, 0.3) is 27.4 Å². The van der Waals surface area contributed by atoms with E-state index in [1.165, 1.54) is 60.7 Å². The van der Waals surface area contributed by atoms with E-state index < -0.39 is 139 Å². The standard InChI is InChI=1S/C23H16N4O8S.C16H10N4O6.C16H11N3O7S.Na.3O3S/c28-19-10-6-14(27(31)32)12-18(19)26-25-17-8-7-15-20(36(33,34)35)11-9-16(21(15)22(17)29)24-23(30)13-4-2-1-3-5-13;21-14-6-5-9-3-1-2-4-11(9)15(14)18-17-12-7-10(19(23)24)8-13(16(12)22)20(25)26;20-15-10-5-2-1-4-9(10)14(27(24,25)26)8-12(15)18-17-11-6-3-7-13(16(11)21)19(22)23;;3*1-4(2)3/h1-12,28-29H,(H,24,30)(H,33,34,35);1-8,21-22H;1-8,20-21H,(H,24,25,26);;;;/q;;;+1;;;/p-1. The zero-order valence-electron chi connectivity index (χ0n) is 50.2. The van der Waals surface area contributed by atoms with Gasteiger partial charge in [0, 0.05) is 51.4 Å². The van der Waals surface area contributed by atoms with Crippen LogP contribution in [0.25, 0.3) is 32.3 Å². The average molecular weight is 1510 g/mol. The Morgan fingerprint density at radius 3 is 1.45 bits per heavy atom. The van der Waals surface area contributed by atoms with E-state index in [9.17, 15) is 102 Å². The Labute approximate surface area is 593 Å². The van der Waals surface area contributed by atoms with Crippen molar-refractivity contribution < 1.29 is 149 Å². The fourth-order valence-electron chi connectivity index (χ4n) is 8.21. The fraction of sp³-hybridized carbons (Fsp3) is 0. The smallest absolute Gasteiger partial charge is 0.744 e. The number of para-hydroxylation sites is 1. The van der Waals surface area contributed by atoms with E-state index in [0.29, 0.717) is 17.0 Å². The Morgan fingerprint density at radius 2 is 0.892 bits per heavy atom. The third-order valence-electron chi connectivity index (χ3n) is 12.4. The molecule has 102 heavy (non-hydrogen) atoms. The number of anilines is 1. The molecule has 0 bridgehead atoms. The van der Waals surface area contributed by atoms with Crippen LogP contribution in [0.4, 0.5) is 62.6 Å². The maximum atomic E-state index is 12.7.